The molecule has 4 rings (SSSR count). The summed E-state index contributed by atoms with van der Waals surface area (Å²) in [5, 5.41) is 7.58. The van der Waals surface area contributed by atoms with Gasteiger partial charge in [-0.15, -0.1) is 0 Å². The maximum Gasteiger partial charge on any atom is 0.229 e. The maximum atomic E-state index is 12.7. The lowest BCUT2D eigenvalue weighted by molar-refractivity contribution is -0.121. The lowest BCUT2D eigenvalue weighted by Gasteiger charge is -2.27. The van der Waals surface area contributed by atoms with Crippen LogP contribution in [0, 0.1) is 31.6 Å². The van der Waals surface area contributed by atoms with Gasteiger partial charge in [0.2, 0.25) is 5.91 Å². The van der Waals surface area contributed by atoms with Crippen LogP contribution < -0.4 is 11.1 Å². The molecule has 0 radical (unpaired) electrons. The van der Waals surface area contributed by atoms with Crippen molar-refractivity contribution in [3.8, 4) is 5.69 Å². The van der Waals surface area contributed by atoms with E-state index in [0.717, 1.165) is 35.6 Å². The lowest BCUT2D eigenvalue weighted by Crippen LogP contribution is -2.42. The fraction of sp³-hybridized carbons (Fsp3) is 0.474. The number of carbonyl (C=O) groups excluding carboxylic acids is 1. The summed E-state index contributed by atoms with van der Waals surface area (Å²) in [4.78, 5) is 12.7. The van der Waals surface area contributed by atoms with Crippen LogP contribution in [0.5, 0.6) is 0 Å². The highest BCUT2D eigenvalue weighted by molar-refractivity contribution is 5.93. The lowest BCUT2D eigenvalue weighted by atomic mass is 9.84. The molecule has 2 aromatic rings. The topological polar surface area (TPSA) is 72.9 Å². The average Bonchev–Trinajstić information content (AvgIpc) is 3.22. The zero-order valence-electron chi connectivity index (χ0n) is 14.2. The minimum atomic E-state index is -0.0407. The molecule has 24 heavy (non-hydrogen) atoms. The van der Waals surface area contributed by atoms with Crippen LogP contribution in [0.3, 0.4) is 0 Å². The third-order valence-corrected chi connectivity index (χ3v) is 5.65. The molecule has 2 bridgehead atoms. The van der Waals surface area contributed by atoms with E-state index in [9.17, 15) is 4.79 Å². The standard InChI is InChI=1S/C19H24N4O/c1-11-8-12(2)23(22-11)16-5-3-4-15(10-16)21-19(24)17-13-6-7-14(9-13)18(17)20/h3-5,8,10,13-14,17-18H,6-7,9,20H2,1-2H3,(H,21,24). The summed E-state index contributed by atoms with van der Waals surface area (Å²) < 4.78 is 1.90. The van der Waals surface area contributed by atoms with Gasteiger partial charge in [0.1, 0.15) is 0 Å². The SMILES string of the molecule is Cc1cc(C)n(-c2cccc(NC(=O)C3C4CCC(C4)C3N)c2)n1. The van der Waals surface area contributed by atoms with E-state index in [1.807, 2.05) is 48.9 Å². The summed E-state index contributed by atoms with van der Waals surface area (Å²) in [6.07, 6.45) is 3.44. The van der Waals surface area contributed by atoms with E-state index in [1.165, 1.54) is 6.42 Å². The monoisotopic (exact) mass is 324 g/mol. The largest absolute Gasteiger partial charge is 0.327 e. The first-order valence-electron chi connectivity index (χ1n) is 8.73. The number of fused-ring (bicyclic) bond motifs is 2. The minimum Gasteiger partial charge on any atom is -0.327 e. The Bertz CT molecular complexity index is 779. The second-order valence-corrected chi connectivity index (χ2v) is 7.31. The van der Waals surface area contributed by atoms with Crippen LogP contribution in [0.25, 0.3) is 5.69 Å². The van der Waals surface area contributed by atoms with Gasteiger partial charge in [-0.05, 0) is 69.2 Å². The van der Waals surface area contributed by atoms with E-state index in [1.54, 1.807) is 0 Å². The normalized spacial score (nSPS) is 28.3. The highest BCUT2D eigenvalue weighted by Gasteiger charge is 2.49. The maximum absolute atomic E-state index is 12.7. The number of hydrogen-bond acceptors (Lipinski definition) is 3. The van der Waals surface area contributed by atoms with Gasteiger partial charge in [0, 0.05) is 17.4 Å². The van der Waals surface area contributed by atoms with Crippen molar-refractivity contribution in [1.82, 2.24) is 9.78 Å². The number of nitrogens with two attached hydrogens (primary N) is 1. The summed E-state index contributed by atoms with van der Waals surface area (Å²) in [6.45, 7) is 4.01. The third-order valence-electron chi connectivity index (χ3n) is 5.65. The molecule has 2 aliphatic carbocycles. The fourth-order valence-electron chi connectivity index (χ4n) is 4.56. The molecule has 2 saturated carbocycles. The van der Waals surface area contributed by atoms with Crippen LogP contribution in [0.1, 0.15) is 30.7 Å². The molecule has 1 heterocycles. The molecule has 0 aliphatic heterocycles. The number of aryl methyl sites for hydroxylation is 2. The third kappa shape index (κ3) is 2.53. The zero-order valence-corrected chi connectivity index (χ0v) is 14.2. The van der Waals surface area contributed by atoms with E-state index in [2.05, 4.69) is 10.4 Å². The molecule has 1 aromatic carbocycles. The molecule has 4 atom stereocenters. The fourth-order valence-corrected chi connectivity index (χ4v) is 4.56. The van der Waals surface area contributed by atoms with Crippen molar-refractivity contribution < 1.29 is 4.79 Å². The molecule has 2 fully saturated rings. The zero-order chi connectivity index (χ0) is 16.8. The van der Waals surface area contributed by atoms with Crippen molar-refractivity contribution in [3.05, 3.63) is 41.7 Å². The molecule has 5 heteroatoms. The van der Waals surface area contributed by atoms with E-state index >= 15 is 0 Å². The number of benzene rings is 1. The first kappa shape index (κ1) is 15.4. The highest BCUT2D eigenvalue weighted by Crippen LogP contribution is 2.47. The van der Waals surface area contributed by atoms with Gasteiger partial charge >= 0.3 is 0 Å². The summed E-state index contributed by atoms with van der Waals surface area (Å²) >= 11 is 0. The van der Waals surface area contributed by atoms with E-state index in [-0.39, 0.29) is 17.9 Å². The Kier molecular flexibility index (Phi) is 3.68. The smallest absolute Gasteiger partial charge is 0.229 e. The van der Waals surface area contributed by atoms with Gasteiger partial charge < -0.3 is 11.1 Å². The van der Waals surface area contributed by atoms with Crippen molar-refractivity contribution >= 4 is 11.6 Å². The van der Waals surface area contributed by atoms with Crippen LogP contribution in [-0.2, 0) is 4.79 Å². The average molecular weight is 324 g/mol. The number of nitrogens with zero attached hydrogens (tertiary/aromatic N) is 2. The molecule has 4 unspecified atom stereocenters. The first-order valence-corrected chi connectivity index (χ1v) is 8.73. The van der Waals surface area contributed by atoms with Crippen molar-refractivity contribution in [3.63, 3.8) is 0 Å². The number of aromatic nitrogens is 2. The van der Waals surface area contributed by atoms with Crippen LogP contribution in [0.2, 0.25) is 0 Å². The predicted octanol–water partition coefficient (Wildman–Crippen LogP) is 2.80. The quantitative estimate of drug-likeness (QED) is 0.912. The van der Waals surface area contributed by atoms with E-state index in [4.69, 9.17) is 5.73 Å². The van der Waals surface area contributed by atoms with Gasteiger partial charge in [-0.25, -0.2) is 4.68 Å². The van der Waals surface area contributed by atoms with Crippen LogP contribution in [-0.4, -0.2) is 21.7 Å². The van der Waals surface area contributed by atoms with Gasteiger partial charge in [0.15, 0.2) is 0 Å². The number of carbonyl (C=O) groups is 1. The van der Waals surface area contributed by atoms with Gasteiger partial charge in [-0.2, -0.15) is 5.10 Å². The Labute approximate surface area is 142 Å². The molecule has 1 amide bonds. The van der Waals surface area contributed by atoms with Crippen LogP contribution >= 0.6 is 0 Å². The molecule has 5 nitrogen and oxygen atoms in total. The number of rotatable bonds is 3. The molecular weight excluding hydrogens is 300 g/mol. The molecule has 126 valence electrons. The second kappa shape index (κ2) is 5.74. The predicted molar refractivity (Wildman–Crippen MR) is 94.0 cm³/mol. The Balaban J connectivity index is 1.54. The summed E-state index contributed by atoms with van der Waals surface area (Å²) in [5.41, 5.74) is 10.1. The van der Waals surface area contributed by atoms with Gasteiger partial charge in [0.25, 0.3) is 0 Å². The molecule has 0 saturated heterocycles. The molecule has 3 N–H and O–H groups in total. The Morgan fingerprint density at radius 1 is 1.25 bits per heavy atom. The second-order valence-electron chi connectivity index (χ2n) is 7.31. The first-order chi connectivity index (χ1) is 11.5. The van der Waals surface area contributed by atoms with Crippen LogP contribution in [0.15, 0.2) is 30.3 Å². The number of anilines is 1. The van der Waals surface area contributed by atoms with Crippen molar-refractivity contribution in [1.29, 1.82) is 0 Å². The molecule has 2 aliphatic rings. The number of amides is 1. The molecule has 1 aromatic heterocycles. The number of hydrogen-bond donors (Lipinski definition) is 2. The Morgan fingerprint density at radius 3 is 2.71 bits per heavy atom. The Hall–Kier alpha value is -2.14. The minimum absolute atomic E-state index is 0.0166. The summed E-state index contributed by atoms with van der Waals surface area (Å²) in [6, 6.07) is 9.89. The molecule has 0 spiro atoms. The summed E-state index contributed by atoms with van der Waals surface area (Å²) in [7, 11) is 0. The highest BCUT2D eigenvalue weighted by atomic mass is 16.2. The van der Waals surface area contributed by atoms with Crippen molar-refractivity contribution in [2.75, 3.05) is 5.32 Å². The number of nitrogens with one attached hydrogen (secondary N) is 1. The molecular formula is C19H24N4O. The van der Waals surface area contributed by atoms with E-state index < -0.39 is 0 Å². The van der Waals surface area contributed by atoms with Crippen LogP contribution in [0.4, 0.5) is 5.69 Å². The van der Waals surface area contributed by atoms with Crippen molar-refractivity contribution in [2.24, 2.45) is 23.5 Å². The van der Waals surface area contributed by atoms with E-state index in [0.29, 0.717) is 11.8 Å². The van der Waals surface area contributed by atoms with Gasteiger partial charge in [-0.1, -0.05) is 6.07 Å². The van der Waals surface area contributed by atoms with Gasteiger partial charge in [0.05, 0.1) is 17.3 Å². The summed E-state index contributed by atoms with van der Waals surface area (Å²) in [5.74, 6) is 1.03. The Morgan fingerprint density at radius 2 is 2.04 bits per heavy atom. The van der Waals surface area contributed by atoms with Crippen molar-refractivity contribution in [2.45, 2.75) is 39.2 Å². The van der Waals surface area contributed by atoms with Gasteiger partial charge in [-0.3, -0.25) is 4.79 Å².